The quantitative estimate of drug-likeness (QED) is 0.628. The number of hydrogen-bond donors (Lipinski definition) is 1. The van der Waals surface area contributed by atoms with Crippen molar-refractivity contribution in [2.45, 2.75) is 0 Å². The molecular formula is C9H6ClN3O2. The summed E-state index contributed by atoms with van der Waals surface area (Å²) in [6, 6.07) is 4.41. The van der Waals surface area contributed by atoms with E-state index in [1.54, 1.807) is 6.07 Å². The van der Waals surface area contributed by atoms with Crippen LogP contribution < -0.4 is 0 Å². The lowest BCUT2D eigenvalue weighted by Crippen LogP contribution is -1.87. The van der Waals surface area contributed by atoms with Gasteiger partial charge in [-0.05, 0) is 6.07 Å². The van der Waals surface area contributed by atoms with Crippen molar-refractivity contribution in [1.29, 1.82) is 0 Å². The molecular weight excluding hydrogens is 218 g/mol. The summed E-state index contributed by atoms with van der Waals surface area (Å²) in [6.07, 6.45) is 0. The van der Waals surface area contributed by atoms with Crippen molar-refractivity contribution >= 4 is 33.2 Å². The molecule has 6 heteroatoms. The van der Waals surface area contributed by atoms with Crippen LogP contribution in [0.15, 0.2) is 24.8 Å². The summed E-state index contributed by atoms with van der Waals surface area (Å²) >= 11 is 5.71. The average molecular weight is 224 g/mol. The zero-order valence-corrected chi connectivity index (χ0v) is 8.28. The number of hydrogen-bond acceptors (Lipinski definition) is 3. The fourth-order valence-electron chi connectivity index (χ4n) is 1.32. The lowest BCUT2D eigenvalue weighted by atomic mass is 10.2. The van der Waals surface area contributed by atoms with E-state index in [1.807, 2.05) is 0 Å². The molecule has 0 radical (unpaired) electrons. The van der Waals surface area contributed by atoms with Crippen molar-refractivity contribution in [1.82, 2.24) is 10.2 Å². The lowest BCUT2D eigenvalue weighted by Gasteiger charge is -1.93. The van der Waals surface area contributed by atoms with E-state index in [-0.39, 0.29) is 10.7 Å². The summed E-state index contributed by atoms with van der Waals surface area (Å²) in [4.78, 5) is 10.1. The molecule has 0 aliphatic heterocycles. The summed E-state index contributed by atoms with van der Waals surface area (Å²) in [7, 11) is 0. The fraction of sp³-hybridized carbons (Fsp3) is 0. The van der Waals surface area contributed by atoms with E-state index in [0.717, 1.165) is 0 Å². The predicted octanol–water partition coefficient (Wildman–Crippen LogP) is 2.68. The molecule has 0 spiro atoms. The minimum atomic E-state index is -0.465. The molecule has 2 rings (SSSR count). The number of nitrogens with one attached hydrogen (secondary N) is 1. The Morgan fingerprint density at radius 3 is 2.93 bits per heavy atom. The Morgan fingerprint density at radius 2 is 2.33 bits per heavy atom. The van der Waals surface area contributed by atoms with Crippen molar-refractivity contribution in [3.05, 3.63) is 40.6 Å². The number of aromatic amines is 1. The van der Waals surface area contributed by atoms with E-state index < -0.39 is 4.92 Å². The normalized spacial score (nSPS) is 10.5. The van der Waals surface area contributed by atoms with Gasteiger partial charge >= 0.3 is 0 Å². The van der Waals surface area contributed by atoms with Crippen LogP contribution in [0.4, 0.5) is 5.69 Å². The number of nitro benzene ring substituents is 1. The Balaban J connectivity index is 2.72. The van der Waals surface area contributed by atoms with Gasteiger partial charge in [0, 0.05) is 17.5 Å². The highest BCUT2D eigenvalue weighted by Crippen LogP contribution is 2.27. The zero-order valence-electron chi connectivity index (χ0n) is 7.53. The van der Waals surface area contributed by atoms with Gasteiger partial charge in [-0.2, -0.15) is 5.10 Å². The highest BCUT2D eigenvalue weighted by molar-refractivity contribution is 6.49. The molecule has 1 aromatic heterocycles. The number of rotatable bonds is 2. The van der Waals surface area contributed by atoms with Gasteiger partial charge in [0.15, 0.2) is 0 Å². The molecule has 0 saturated carbocycles. The lowest BCUT2D eigenvalue weighted by molar-refractivity contribution is -0.384. The van der Waals surface area contributed by atoms with Gasteiger partial charge in [-0.3, -0.25) is 15.2 Å². The van der Waals surface area contributed by atoms with Crippen LogP contribution in [0.25, 0.3) is 15.9 Å². The molecule has 1 heterocycles. The standard InChI is InChI=1S/C9H6ClN3O2/c1-5(10)9-7-4-6(13(14)15)2-3-8(7)11-12-9/h2-4H,1H2,(H,11,12). The molecule has 0 bridgehead atoms. The van der Waals surface area contributed by atoms with Gasteiger partial charge in [0.05, 0.1) is 15.5 Å². The summed E-state index contributed by atoms with van der Waals surface area (Å²) in [5.41, 5.74) is 1.14. The molecule has 1 aromatic carbocycles. The van der Waals surface area contributed by atoms with Crippen LogP contribution in [-0.2, 0) is 0 Å². The summed E-state index contributed by atoms with van der Waals surface area (Å²) in [5.74, 6) is 0. The van der Waals surface area contributed by atoms with Crippen LogP contribution in [0.3, 0.4) is 0 Å². The van der Waals surface area contributed by atoms with Crippen molar-refractivity contribution in [3.8, 4) is 0 Å². The van der Waals surface area contributed by atoms with Gasteiger partial charge in [-0.1, -0.05) is 18.2 Å². The van der Waals surface area contributed by atoms with E-state index in [2.05, 4.69) is 16.8 Å². The maximum absolute atomic E-state index is 10.6. The topological polar surface area (TPSA) is 71.8 Å². The number of H-pyrrole nitrogens is 1. The maximum Gasteiger partial charge on any atom is 0.270 e. The van der Waals surface area contributed by atoms with Crippen LogP contribution in [0.1, 0.15) is 5.69 Å². The first-order chi connectivity index (χ1) is 7.09. The first kappa shape index (κ1) is 9.67. The Bertz CT molecular complexity index is 561. The van der Waals surface area contributed by atoms with E-state index in [9.17, 15) is 10.1 Å². The number of fused-ring (bicyclic) bond motifs is 1. The minimum Gasteiger partial charge on any atom is -0.277 e. The third kappa shape index (κ3) is 1.57. The van der Waals surface area contributed by atoms with Crippen LogP contribution >= 0.6 is 11.6 Å². The van der Waals surface area contributed by atoms with Crippen LogP contribution in [0.2, 0.25) is 0 Å². The van der Waals surface area contributed by atoms with E-state index in [4.69, 9.17) is 11.6 Å². The molecule has 0 atom stereocenters. The Hall–Kier alpha value is -1.88. The molecule has 2 aromatic rings. The fourth-order valence-corrected chi connectivity index (χ4v) is 1.47. The first-order valence-electron chi connectivity index (χ1n) is 4.07. The third-order valence-corrected chi connectivity index (χ3v) is 2.19. The molecule has 0 aliphatic rings. The summed E-state index contributed by atoms with van der Waals surface area (Å²) in [5, 5.41) is 18.1. The number of aromatic nitrogens is 2. The molecule has 0 aliphatic carbocycles. The molecule has 0 unspecified atom stereocenters. The second kappa shape index (κ2) is 3.36. The average Bonchev–Trinajstić information content (AvgIpc) is 2.59. The van der Waals surface area contributed by atoms with Gasteiger partial charge in [-0.25, -0.2) is 0 Å². The van der Waals surface area contributed by atoms with E-state index in [1.165, 1.54) is 12.1 Å². The Kier molecular flexibility index (Phi) is 2.17. The van der Waals surface area contributed by atoms with Gasteiger partial charge in [0.25, 0.3) is 5.69 Å². The zero-order chi connectivity index (χ0) is 11.0. The number of non-ortho nitro benzene ring substituents is 1. The monoisotopic (exact) mass is 223 g/mol. The molecule has 0 saturated heterocycles. The predicted molar refractivity (Wildman–Crippen MR) is 57.6 cm³/mol. The third-order valence-electron chi connectivity index (χ3n) is 2.01. The number of nitrogens with zero attached hydrogens (tertiary/aromatic N) is 2. The highest BCUT2D eigenvalue weighted by Gasteiger charge is 2.12. The van der Waals surface area contributed by atoms with Crippen molar-refractivity contribution in [3.63, 3.8) is 0 Å². The van der Waals surface area contributed by atoms with Crippen molar-refractivity contribution in [2.24, 2.45) is 0 Å². The summed E-state index contributed by atoms with van der Waals surface area (Å²) in [6.45, 7) is 3.54. The van der Waals surface area contributed by atoms with Crippen LogP contribution in [-0.4, -0.2) is 15.1 Å². The molecule has 0 fully saturated rings. The van der Waals surface area contributed by atoms with Crippen molar-refractivity contribution in [2.75, 3.05) is 0 Å². The van der Waals surface area contributed by atoms with Crippen LogP contribution in [0.5, 0.6) is 0 Å². The SMILES string of the molecule is C=C(Cl)c1n[nH]c2ccc([N+](=O)[O-])cc12. The molecule has 15 heavy (non-hydrogen) atoms. The number of nitro groups is 1. The van der Waals surface area contributed by atoms with Gasteiger partial charge in [0.1, 0.15) is 5.69 Å². The van der Waals surface area contributed by atoms with Gasteiger partial charge < -0.3 is 0 Å². The van der Waals surface area contributed by atoms with Crippen LogP contribution in [0, 0.1) is 10.1 Å². The second-order valence-electron chi connectivity index (χ2n) is 2.96. The van der Waals surface area contributed by atoms with E-state index in [0.29, 0.717) is 16.6 Å². The highest BCUT2D eigenvalue weighted by atomic mass is 35.5. The smallest absolute Gasteiger partial charge is 0.270 e. The molecule has 0 amide bonds. The molecule has 1 N–H and O–H groups in total. The van der Waals surface area contributed by atoms with Gasteiger partial charge in [-0.15, -0.1) is 0 Å². The summed E-state index contributed by atoms with van der Waals surface area (Å²) < 4.78 is 0. The van der Waals surface area contributed by atoms with Crippen molar-refractivity contribution < 1.29 is 4.92 Å². The Morgan fingerprint density at radius 1 is 1.60 bits per heavy atom. The minimum absolute atomic E-state index is 0.00284. The van der Waals surface area contributed by atoms with E-state index >= 15 is 0 Å². The second-order valence-corrected chi connectivity index (χ2v) is 3.42. The molecule has 5 nitrogen and oxygen atoms in total. The number of halogens is 1. The molecule has 76 valence electrons. The largest absolute Gasteiger partial charge is 0.277 e. The Labute approximate surface area is 89.5 Å². The van der Waals surface area contributed by atoms with Gasteiger partial charge in [0.2, 0.25) is 0 Å². The first-order valence-corrected chi connectivity index (χ1v) is 4.44. The number of benzene rings is 1. The maximum atomic E-state index is 10.6.